The number of aromatic nitrogens is 2. The fraction of sp³-hybridized carbons (Fsp3) is 0.375. The molecule has 2 N–H and O–H groups in total. The summed E-state index contributed by atoms with van der Waals surface area (Å²) in [7, 11) is 1.16. The number of imidazole rings is 1. The lowest BCUT2D eigenvalue weighted by Gasteiger charge is -2.30. The Morgan fingerprint density at radius 3 is 2.42 bits per heavy atom. The fourth-order valence-electron chi connectivity index (χ4n) is 4.53. The highest BCUT2D eigenvalue weighted by Gasteiger charge is 2.59. The van der Waals surface area contributed by atoms with Crippen LogP contribution in [0, 0.1) is 5.82 Å². The van der Waals surface area contributed by atoms with Gasteiger partial charge in [0.25, 0.3) is 5.91 Å². The Morgan fingerprint density at radius 2 is 1.83 bits per heavy atom. The molecule has 3 aromatic rings. The molecule has 3 atom stereocenters. The molecule has 36 heavy (non-hydrogen) atoms. The summed E-state index contributed by atoms with van der Waals surface area (Å²) >= 11 is 0. The number of hydrogen-bond donors (Lipinski definition) is 2. The van der Waals surface area contributed by atoms with E-state index < -0.39 is 53.0 Å². The number of amides is 1. The molecule has 1 aliphatic heterocycles. The molecule has 192 valence electrons. The minimum absolute atomic E-state index is 0.00597. The van der Waals surface area contributed by atoms with Crippen molar-refractivity contribution >= 4 is 22.9 Å². The van der Waals surface area contributed by atoms with E-state index in [0.717, 1.165) is 40.8 Å². The molecule has 4 rings (SSSR count). The first-order valence-corrected chi connectivity index (χ1v) is 11.0. The van der Waals surface area contributed by atoms with Gasteiger partial charge in [0.15, 0.2) is 5.82 Å². The Labute approximate surface area is 202 Å². The molecule has 0 spiro atoms. The van der Waals surface area contributed by atoms with E-state index in [1.807, 2.05) is 0 Å². The number of ether oxygens (including phenoxy) is 1. The summed E-state index contributed by atoms with van der Waals surface area (Å²) in [5.74, 6) is -2.84. The Hall–Kier alpha value is -3.51. The Bertz CT molecular complexity index is 1310. The van der Waals surface area contributed by atoms with Crippen LogP contribution in [0.3, 0.4) is 0 Å². The first-order chi connectivity index (χ1) is 16.9. The molecule has 2 aromatic carbocycles. The third kappa shape index (κ3) is 4.09. The minimum Gasteiger partial charge on any atom is -0.467 e. The Balaban J connectivity index is 1.83. The van der Waals surface area contributed by atoms with E-state index in [1.54, 1.807) is 6.92 Å². The van der Waals surface area contributed by atoms with E-state index >= 15 is 0 Å². The summed E-state index contributed by atoms with van der Waals surface area (Å²) < 4.78 is 62.1. The topological polar surface area (TPSA) is 105 Å². The second kappa shape index (κ2) is 9.17. The van der Waals surface area contributed by atoms with Crippen molar-refractivity contribution in [2.24, 2.45) is 0 Å². The van der Waals surface area contributed by atoms with Gasteiger partial charge in [0.1, 0.15) is 11.9 Å². The van der Waals surface area contributed by atoms with Crippen LogP contribution in [0.15, 0.2) is 42.5 Å². The van der Waals surface area contributed by atoms with Crippen molar-refractivity contribution < 1.29 is 42.1 Å². The number of hydrogen-bond acceptors (Lipinski definition) is 6. The molecule has 1 aliphatic rings. The van der Waals surface area contributed by atoms with Crippen molar-refractivity contribution in [2.45, 2.75) is 43.8 Å². The molecule has 1 unspecified atom stereocenters. The van der Waals surface area contributed by atoms with Crippen LogP contribution in [-0.4, -0.2) is 68.5 Å². The molecule has 0 bridgehead atoms. The van der Waals surface area contributed by atoms with Gasteiger partial charge in [-0.25, -0.2) is 14.2 Å². The molecule has 12 heteroatoms. The van der Waals surface area contributed by atoms with E-state index in [0.29, 0.717) is 0 Å². The van der Waals surface area contributed by atoms with E-state index in [1.165, 1.54) is 18.2 Å². The van der Waals surface area contributed by atoms with Crippen LogP contribution in [0.1, 0.15) is 35.1 Å². The fourth-order valence-corrected chi connectivity index (χ4v) is 4.53. The number of rotatable bonds is 5. The molecule has 1 aromatic heterocycles. The van der Waals surface area contributed by atoms with Gasteiger partial charge in [-0.3, -0.25) is 4.79 Å². The number of β-amino-alcohol motifs (C(OH)–C–C–N with tert-alkyl or cyclic N) is 1. The molecule has 0 aliphatic carbocycles. The Morgan fingerprint density at radius 1 is 1.17 bits per heavy atom. The molecule has 8 nitrogen and oxygen atoms in total. The number of likely N-dealkylation sites (tertiary alicyclic amines) is 1. The normalized spacial score (nSPS) is 19.9. The van der Waals surface area contributed by atoms with E-state index in [9.17, 15) is 37.4 Å². The average molecular weight is 509 g/mol. The monoisotopic (exact) mass is 509 g/mol. The van der Waals surface area contributed by atoms with Gasteiger partial charge >= 0.3 is 12.1 Å². The van der Waals surface area contributed by atoms with Crippen LogP contribution in [0.25, 0.3) is 11.0 Å². The van der Waals surface area contributed by atoms with Crippen molar-refractivity contribution in [3.63, 3.8) is 0 Å². The number of fused-ring (bicyclic) bond motifs is 1. The van der Waals surface area contributed by atoms with Crippen LogP contribution in [0.5, 0.6) is 0 Å². The number of aryl methyl sites for hydroxylation is 1. The third-order valence-corrected chi connectivity index (χ3v) is 6.32. The van der Waals surface area contributed by atoms with Crippen molar-refractivity contribution in [2.75, 3.05) is 13.7 Å². The number of aliphatic hydroxyl groups is 2. The van der Waals surface area contributed by atoms with Crippen LogP contribution in [-0.2, 0) is 21.7 Å². The van der Waals surface area contributed by atoms with Crippen molar-refractivity contribution in [1.82, 2.24) is 14.5 Å². The molecule has 2 heterocycles. The lowest BCUT2D eigenvalue weighted by Crippen LogP contribution is -2.45. The Kier molecular flexibility index (Phi) is 6.52. The average Bonchev–Trinajstić information content (AvgIpc) is 3.42. The number of benzene rings is 2. The van der Waals surface area contributed by atoms with Gasteiger partial charge in [-0.2, -0.15) is 13.2 Å². The van der Waals surface area contributed by atoms with E-state index in [4.69, 9.17) is 4.74 Å². The van der Waals surface area contributed by atoms with Crippen molar-refractivity contribution in [3.8, 4) is 0 Å². The first-order valence-electron chi connectivity index (χ1n) is 11.0. The molecular formula is C24H23F4N3O5. The third-order valence-electron chi connectivity index (χ3n) is 6.32. The van der Waals surface area contributed by atoms with Crippen LogP contribution in [0.4, 0.5) is 17.6 Å². The maximum atomic E-state index is 14.3. The highest BCUT2D eigenvalue weighted by molar-refractivity contribution is 5.99. The van der Waals surface area contributed by atoms with Gasteiger partial charge in [0.05, 0.1) is 24.2 Å². The summed E-state index contributed by atoms with van der Waals surface area (Å²) in [4.78, 5) is 30.5. The molecular weight excluding hydrogens is 486 g/mol. The molecule has 1 saturated heterocycles. The summed E-state index contributed by atoms with van der Waals surface area (Å²) in [5.41, 5.74) is -3.92. The first kappa shape index (κ1) is 25.6. The predicted molar refractivity (Wildman–Crippen MR) is 118 cm³/mol. The van der Waals surface area contributed by atoms with Gasteiger partial charge < -0.3 is 24.4 Å². The van der Waals surface area contributed by atoms with Crippen molar-refractivity contribution in [3.05, 3.63) is 65.2 Å². The lowest BCUT2D eigenvalue weighted by molar-refractivity contribution is -0.252. The van der Waals surface area contributed by atoms with Gasteiger partial charge in [0.2, 0.25) is 5.60 Å². The zero-order valence-electron chi connectivity index (χ0n) is 19.3. The highest BCUT2D eigenvalue weighted by Crippen LogP contribution is 2.44. The largest absolute Gasteiger partial charge is 0.467 e. The summed E-state index contributed by atoms with van der Waals surface area (Å²) in [6.45, 7) is 1.38. The zero-order chi connectivity index (χ0) is 26.4. The quantitative estimate of drug-likeness (QED) is 0.405. The number of alkyl halides is 3. The van der Waals surface area contributed by atoms with Crippen LogP contribution < -0.4 is 0 Å². The smallest absolute Gasteiger partial charge is 0.428 e. The molecule has 1 fully saturated rings. The summed E-state index contributed by atoms with van der Waals surface area (Å²) in [5, 5.41) is 21.0. The summed E-state index contributed by atoms with van der Waals surface area (Å²) in [6, 6.07) is 6.27. The van der Waals surface area contributed by atoms with Gasteiger partial charge in [-0.05, 0) is 37.3 Å². The van der Waals surface area contributed by atoms with E-state index in [2.05, 4.69) is 4.98 Å². The van der Waals surface area contributed by atoms with Crippen LogP contribution >= 0.6 is 0 Å². The maximum absolute atomic E-state index is 14.3. The molecule has 0 radical (unpaired) electrons. The SMILES string of the molecule is CCn1c(C(O)(c2ccc(F)cc2)C(F)(F)F)nc2ccc(C(=O)N3C[C@H](O)C[C@H]3C(=O)OC)cc21. The number of carbonyl (C=O) groups is 2. The summed E-state index contributed by atoms with van der Waals surface area (Å²) in [6.07, 6.45) is -6.15. The molecule has 1 amide bonds. The number of aliphatic hydroxyl groups excluding tert-OH is 1. The predicted octanol–water partition coefficient (Wildman–Crippen LogP) is 2.74. The minimum atomic E-state index is -5.21. The maximum Gasteiger partial charge on any atom is 0.428 e. The van der Waals surface area contributed by atoms with E-state index in [-0.39, 0.29) is 36.1 Å². The van der Waals surface area contributed by atoms with Crippen LogP contribution in [0.2, 0.25) is 0 Å². The van der Waals surface area contributed by atoms with Gasteiger partial charge in [-0.1, -0.05) is 12.1 Å². The van der Waals surface area contributed by atoms with Gasteiger partial charge in [0, 0.05) is 30.6 Å². The second-order valence-corrected chi connectivity index (χ2v) is 8.48. The number of esters is 1. The standard InChI is InChI=1S/C24H23F4N3O5/c1-3-30-18-10-13(20(33)31-12-16(32)11-19(31)21(34)36-2)4-9-17(18)29-22(30)23(35,24(26,27)28)14-5-7-15(25)8-6-14/h4-10,16,19,32,35H,3,11-12H2,1-2H3/t16-,19+,23?/m1/s1. The molecule has 0 saturated carbocycles. The number of halogens is 4. The number of carbonyl (C=O) groups excluding carboxylic acids is 2. The number of nitrogens with zero attached hydrogens (tertiary/aromatic N) is 3. The lowest BCUT2D eigenvalue weighted by atomic mass is 9.92. The van der Waals surface area contributed by atoms with Crippen molar-refractivity contribution in [1.29, 1.82) is 0 Å². The second-order valence-electron chi connectivity index (χ2n) is 8.48. The zero-order valence-corrected chi connectivity index (χ0v) is 19.3. The number of methoxy groups -OCH3 is 1. The highest BCUT2D eigenvalue weighted by atomic mass is 19.4. The van der Waals surface area contributed by atoms with Gasteiger partial charge in [-0.15, -0.1) is 0 Å².